The van der Waals surface area contributed by atoms with E-state index in [4.69, 9.17) is 10.5 Å². The van der Waals surface area contributed by atoms with E-state index in [9.17, 15) is 0 Å². The van der Waals surface area contributed by atoms with Crippen molar-refractivity contribution in [3.8, 4) is 0 Å². The zero-order valence-corrected chi connectivity index (χ0v) is 10.3. The highest BCUT2D eigenvalue weighted by Gasteiger charge is 2.24. The lowest BCUT2D eigenvalue weighted by Gasteiger charge is -2.28. The second-order valence-electron chi connectivity index (χ2n) is 3.55. The molecule has 14 heavy (non-hydrogen) atoms. The monoisotopic (exact) mass is 275 g/mol. The maximum atomic E-state index is 5.92. The highest BCUT2D eigenvalue weighted by atomic mass is 79.9. The molecule has 1 aromatic rings. The fourth-order valence-electron chi connectivity index (χ4n) is 1.80. The van der Waals surface area contributed by atoms with Crippen LogP contribution in [0.15, 0.2) is 15.9 Å². The Morgan fingerprint density at radius 3 is 3.07 bits per heavy atom. The molecule has 0 aromatic carbocycles. The van der Waals surface area contributed by atoms with Crippen LogP contribution >= 0.6 is 27.3 Å². The fraction of sp³-hybridized carbons (Fsp3) is 0.600. The molecule has 2 unspecified atom stereocenters. The summed E-state index contributed by atoms with van der Waals surface area (Å²) in [6, 6.07) is 2.08. The molecule has 2 N–H and O–H groups in total. The Morgan fingerprint density at radius 1 is 1.57 bits per heavy atom. The average Bonchev–Trinajstić information content (AvgIpc) is 2.65. The van der Waals surface area contributed by atoms with Gasteiger partial charge in [-0.25, -0.2) is 0 Å². The molecule has 0 radical (unpaired) electrons. The van der Waals surface area contributed by atoms with Gasteiger partial charge < -0.3 is 10.5 Å². The largest absolute Gasteiger partial charge is 0.368 e. The molecule has 1 aromatic heterocycles. The number of rotatable bonds is 2. The summed E-state index contributed by atoms with van der Waals surface area (Å²) in [7, 11) is 0. The van der Waals surface area contributed by atoms with Gasteiger partial charge in [-0.1, -0.05) is 0 Å². The van der Waals surface area contributed by atoms with Crippen LogP contribution in [0, 0.1) is 0 Å². The van der Waals surface area contributed by atoms with Crippen LogP contribution < -0.4 is 5.73 Å². The number of nitrogens with two attached hydrogens (primary N) is 1. The van der Waals surface area contributed by atoms with Gasteiger partial charge in [0.1, 0.15) is 0 Å². The van der Waals surface area contributed by atoms with Crippen LogP contribution in [0.25, 0.3) is 0 Å². The number of hydrogen-bond donors (Lipinski definition) is 1. The van der Waals surface area contributed by atoms with Crippen LogP contribution in [0.2, 0.25) is 0 Å². The lowest BCUT2D eigenvalue weighted by atomic mass is 10.0. The van der Waals surface area contributed by atoms with E-state index in [0.29, 0.717) is 6.54 Å². The van der Waals surface area contributed by atoms with E-state index < -0.39 is 0 Å². The topological polar surface area (TPSA) is 35.2 Å². The van der Waals surface area contributed by atoms with Gasteiger partial charge in [-0.3, -0.25) is 0 Å². The molecule has 1 aliphatic heterocycles. The van der Waals surface area contributed by atoms with Gasteiger partial charge in [-0.15, -0.1) is 11.3 Å². The van der Waals surface area contributed by atoms with Gasteiger partial charge in [0.05, 0.1) is 12.2 Å². The Kier molecular flexibility index (Phi) is 3.60. The maximum Gasteiger partial charge on any atom is 0.0932 e. The number of hydrogen-bond acceptors (Lipinski definition) is 3. The molecule has 1 aliphatic rings. The predicted octanol–water partition coefficient (Wildman–Crippen LogP) is 3.08. The van der Waals surface area contributed by atoms with Crippen LogP contribution in [0.4, 0.5) is 0 Å². The molecule has 2 rings (SSSR count). The number of halogens is 1. The number of thiophene rings is 1. The molecule has 0 amide bonds. The molecule has 1 fully saturated rings. The van der Waals surface area contributed by atoms with Crippen LogP contribution in [0.1, 0.15) is 30.2 Å². The van der Waals surface area contributed by atoms with Gasteiger partial charge in [0, 0.05) is 15.9 Å². The summed E-state index contributed by atoms with van der Waals surface area (Å²) in [6.07, 6.45) is 3.96. The van der Waals surface area contributed by atoms with Crippen molar-refractivity contribution < 1.29 is 4.74 Å². The lowest BCUT2D eigenvalue weighted by Crippen LogP contribution is -2.29. The van der Waals surface area contributed by atoms with Crippen molar-refractivity contribution in [2.24, 2.45) is 5.73 Å². The minimum atomic E-state index is 0.253. The first-order valence-electron chi connectivity index (χ1n) is 4.89. The van der Waals surface area contributed by atoms with Gasteiger partial charge in [0.15, 0.2) is 0 Å². The second-order valence-corrected chi connectivity index (χ2v) is 5.35. The van der Waals surface area contributed by atoms with Gasteiger partial charge in [-0.2, -0.15) is 0 Å². The average molecular weight is 276 g/mol. The Labute approximate surface area is 96.6 Å². The summed E-state index contributed by atoms with van der Waals surface area (Å²) in [5.41, 5.74) is 5.62. The summed E-state index contributed by atoms with van der Waals surface area (Å²) in [5, 5.41) is 2.09. The standard InChI is InChI=1S/C10H14BrNOS/c11-8-4-5-14-10(8)9-3-1-2-7(6-12)13-9/h4-5,7,9H,1-3,6,12H2. The van der Waals surface area contributed by atoms with Crippen LogP contribution in [-0.4, -0.2) is 12.6 Å². The highest BCUT2D eigenvalue weighted by molar-refractivity contribution is 9.10. The third-order valence-electron chi connectivity index (χ3n) is 2.55. The summed E-state index contributed by atoms with van der Waals surface area (Å²) in [5.74, 6) is 0. The molecule has 0 saturated carbocycles. The zero-order chi connectivity index (χ0) is 9.97. The Bertz CT molecular complexity index is 302. The van der Waals surface area contributed by atoms with Crippen molar-refractivity contribution in [2.75, 3.05) is 6.54 Å². The molecule has 4 heteroatoms. The van der Waals surface area contributed by atoms with E-state index in [1.54, 1.807) is 11.3 Å². The summed E-state index contributed by atoms with van der Waals surface area (Å²) >= 11 is 5.30. The number of ether oxygens (including phenoxy) is 1. The Balaban J connectivity index is 2.08. The van der Waals surface area contributed by atoms with E-state index in [2.05, 4.69) is 27.4 Å². The highest BCUT2D eigenvalue weighted by Crippen LogP contribution is 2.37. The van der Waals surface area contributed by atoms with E-state index in [-0.39, 0.29) is 12.2 Å². The van der Waals surface area contributed by atoms with Crippen molar-refractivity contribution in [1.29, 1.82) is 0 Å². The van der Waals surface area contributed by atoms with Crippen LogP contribution in [-0.2, 0) is 4.74 Å². The zero-order valence-electron chi connectivity index (χ0n) is 7.91. The smallest absolute Gasteiger partial charge is 0.0932 e. The first-order valence-corrected chi connectivity index (χ1v) is 6.57. The minimum Gasteiger partial charge on any atom is -0.368 e. The molecular formula is C10H14BrNOS. The SMILES string of the molecule is NCC1CCCC(c2sccc2Br)O1. The molecule has 78 valence electrons. The molecule has 2 atom stereocenters. The first kappa shape index (κ1) is 10.6. The molecular weight excluding hydrogens is 262 g/mol. The van der Waals surface area contributed by atoms with Crippen molar-refractivity contribution in [3.63, 3.8) is 0 Å². The molecule has 0 bridgehead atoms. The normalized spacial score (nSPS) is 27.9. The van der Waals surface area contributed by atoms with Gasteiger partial charge in [-0.05, 0) is 46.6 Å². The summed E-state index contributed by atoms with van der Waals surface area (Å²) in [4.78, 5) is 1.31. The quantitative estimate of drug-likeness (QED) is 0.901. The molecule has 0 aliphatic carbocycles. The Morgan fingerprint density at radius 2 is 2.43 bits per heavy atom. The Hall–Kier alpha value is 0.1000. The first-order chi connectivity index (χ1) is 6.81. The van der Waals surface area contributed by atoms with Crippen LogP contribution in [0.5, 0.6) is 0 Å². The summed E-state index contributed by atoms with van der Waals surface area (Å²) in [6.45, 7) is 0.638. The molecule has 1 saturated heterocycles. The van der Waals surface area contributed by atoms with Crippen LogP contribution in [0.3, 0.4) is 0 Å². The lowest BCUT2D eigenvalue weighted by molar-refractivity contribution is -0.0447. The summed E-state index contributed by atoms with van der Waals surface area (Å²) < 4.78 is 7.09. The van der Waals surface area contributed by atoms with Crippen molar-refractivity contribution in [2.45, 2.75) is 31.5 Å². The molecule has 2 nitrogen and oxygen atoms in total. The van der Waals surface area contributed by atoms with E-state index in [1.165, 1.54) is 15.8 Å². The maximum absolute atomic E-state index is 5.92. The minimum absolute atomic E-state index is 0.253. The van der Waals surface area contributed by atoms with Gasteiger partial charge >= 0.3 is 0 Å². The van der Waals surface area contributed by atoms with E-state index >= 15 is 0 Å². The fourth-order valence-corrected chi connectivity index (χ4v) is 3.50. The third kappa shape index (κ3) is 2.19. The van der Waals surface area contributed by atoms with Crippen molar-refractivity contribution in [3.05, 3.63) is 20.8 Å². The van der Waals surface area contributed by atoms with Crippen molar-refractivity contribution >= 4 is 27.3 Å². The van der Waals surface area contributed by atoms with E-state index in [0.717, 1.165) is 12.8 Å². The predicted molar refractivity (Wildman–Crippen MR) is 62.5 cm³/mol. The van der Waals surface area contributed by atoms with E-state index in [1.807, 2.05) is 0 Å². The van der Waals surface area contributed by atoms with Gasteiger partial charge in [0.25, 0.3) is 0 Å². The molecule has 0 spiro atoms. The molecule has 2 heterocycles. The van der Waals surface area contributed by atoms with Crippen molar-refractivity contribution in [1.82, 2.24) is 0 Å². The van der Waals surface area contributed by atoms with Gasteiger partial charge in [0.2, 0.25) is 0 Å². The third-order valence-corrected chi connectivity index (χ3v) is 4.51. The second kappa shape index (κ2) is 4.75.